The van der Waals surface area contributed by atoms with Crippen molar-refractivity contribution in [1.29, 1.82) is 0 Å². The highest BCUT2D eigenvalue weighted by Crippen LogP contribution is 2.18. The van der Waals surface area contributed by atoms with Gasteiger partial charge < -0.3 is 10.4 Å². The molecule has 0 saturated heterocycles. The van der Waals surface area contributed by atoms with Gasteiger partial charge in [-0.25, -0.2) is 4.98 Å². The van der Waals surface area contributed by atoms with Gasteiger partial charge in [0.15, 0.2) is 0 Å². The monoisotopic (exact) mass is 225 g/mol. The van der Waals surface area contributed by atoms with Crippen molar-refractivity contribution in [2.45, 2.75) is 26.3 Å². The molecule has 0 fully saturated rings. The Morgan fingerprint density at radius 2 is 2.38 bits per heavy atom. The number of aromatic nitrogens is 1. The molecule has 0 aliphatic carbocycles. The average molecular weight is 225 g/mol. The van der Waals surface area contributed by atoms with Crippen molar-refractivity contribution in [2.75, 3.05) is 11.9 Å². The third-order valence-corrected chi connectivity index (χ3v) is 2.22. The third-order valence-electron chi connectivity index (χ3n) is 2.22. The summed E-state index contributed by atoms with van der Waals surface area (Å²) in [4.78, 5) is 14.0. The first kappa shape index (κ1) is 12.4. The van der Waals surface area contributed by atoms with Crippen molar-refractivity contribution in [3.63, 3.8) is 0 Å². The number of pyridine rings is 1. The van der Waals surface area contributed by atoms with E-state index >= 15 is 0 Å². The summed E-state index contributed by atoms with van der Waals surface area (Å²) in [6.45, 7) is 3.77. The Bertz CT molecular complexity index is 382. The van der Waals surface area contributed by atoms with Gasteiger partial charge >= 0.3 is 0 Å². The van der Waals surface area contributed by atoms with Crippen molar-refractivity contribution < 1.29 is 10.0 Å². The Balaban J connectivity index is 2.79. The number of nitrogens with zero attached hydrogens (tertiary/aromatic N) is 2. The van der Waals surface area contributed by atoms with Gasteiger partial charge in [0.1, 0.15) is 12.0 Å². The van der Waals surface area contributed by atoms with Crippen LogP contribution in [0.5, 0.6) is 0 Å². The lowest BCUT2D eigenvalue weighted by atomic mass is 10.2. The number of nitrogens with one attached hydrogen (secondary N) is 1. The van der Waals surface area contributed by atoms with E-state index in [1.54, 1.807) is 6.92 Å². The first-order valence-electron chi connectivity index (χ1n) is 5.03. The molecule has 1 aromatic heterocycles. The summed E-state index contributed by atoms with van der Waals surface area (Å²) >= 11 is 0. The van der Waals surface area contributed by atoms with Crippen LogP contribution in [0.1, 0.15) is 18.9 Å². The molecule has 0 aliphatic heterocycles. The molecule has 2 N–H and O–H groups in total. The van der Waals surface area contributed by atoms with Crippen LogP contribution in [-0.4, -0.2) is 27.7 Å². The molecule has 1 rings (SSSR count). The molecular formula is C10H15N3O3. The van der Waals surface area contributed by atoms with Crippen LogP contribution in [0.2, 0.25) is 0 Å². The van der Waals surface area contributed by atoms with Gasteiger partial charge in [0, 0.05) is 18.7 Å². The van der Waals surface area contributed by atoms with Gasteiger partial charge in [-0.1, -0.05) is 0 Å². The Hall–Kier alpha value is -1.69. The summed E-state index contributed by atoms with van der Waals surface area (Å²) in [5.41, 5.74) is 0.705. The van der Waals surface area contributed by atoms with Gasteiger partial charge in [-0.3, -0.25) is 10.1 Å². The van der Waals surface area contributed by atoms with Gasteiger partial charge in [0.2, 0.25) is 0 Å². The number of anilines is 1. The quantitative estimate of drug-likeness (QED) is 0.585. The summed E-state index contributed by atoms with van der Waals surface area (Å²) in [5.74, 6) is 0.617. The lowest BCUT2D eigenvalue weighted by Gasteiger charge is -2.14. The maximum atomic E-state index is 10.5. The summed E-state index contributed by atoms with van der Waals surface area (Å²) < 4.78 is 0. The molecule has 1 atom stereocenters. The van der Waals surface area contributed by atoms with Gasteiger partial charge in [-0.05, 0) is 25.8 Å². The summed E-state index contributed by atoms with van der Waals surface area (Å²) in [7, 11) is 0. The van der Waals surface area contributed by atoms with Gasteiger partial charge in [0.25, 0.3) is 5.69 Å². The lowest BCUT2D eigenvalue weighted by molar-refractivity contribution is -0.385. The Morgan fingerprint density at radius 3 is 2.88 bits per heavy atom. The van der Waals surface area contributed by atoms with E-state index in [1.165, 1.54) is 12.3 Å². The molecule has 0 saturated carbocycles. The lowest BCUT2D eigenvalue weighted by Crippen LogP contribution is -2.18. The molecule has 0 bridgehead atoms. The Morgan fingerprint density at radius 1 is 1.69 bits per heavy atom. The normalized spacial score (nSPS) is 12.2. The molecule has 0 aliphatic rings. The average Bonchev–Trinajstić information content (AvgIpc) is 2.21. The van der Waals surface area contributed by atoms with Gasteiger partial charge in [-0.15, -0.1) is 0 Å². The van der Waals surface area contributed by atoms with E-state index in [9.17, 15) is 10.1 Å². The first-order valence-corrected chi connectivity index (χ1v) is 5.03. The van der Waals surface area contributed by atoms with Crippen LogP contribution >= 0.6 is 0 Å². The number of rotatable bonds is 5. The maximum absolute atomic E-state index is 10.5. The summed E-state index contributed by atoms with van der Waals surface area (Å²) in [6, 6.07) is 1.55. The third kappa shape index (κ3) is 3.16. The molecule has 0 unspecified atom stereocenters. The molecule has 16 heavy (non-hydrogen) atoms. The Kier molecular flexibility index (Phi) is 4.19. The van der Waals surface area contributed by atoms with Crippen molar-refractivity contribution in [3.05, 3.63) is 27.9 Å². The van der Waals surface area contributed by atoms with Crippen molar-refractivity contribution in [1.82, 2.24) is 4.98 Å². The van der Waals surface area contributed by atoms with Crippen LogP contribution in [0.25, 0.3) is 0 Å². The molecule has 0 spiro atoms. The molecule has 1 heterocycles. The highest BCUT2D eigenvalue weighted by Gasteiger charge is 2.10. The number of hydrogen-bond acceptors (Lipinski definition) is 5. The predicted molar refractivity (Wildman–Crippen MR) is 60.4 cm³/mol. The molecule has 6 nitrogen and oxygen atoms in total. The zero-order chi connectivity index (χ0) is 12.1. The fraction of sp³-hybridized carbons (Fsp3) is 0.500. The van der Waals surface area contributed by atoms with Crippen LogP contribution in [-0.2, 0) is 0 Å². The van der Waals surface area contributed by atoms with Crippen molar-refractivity contribution in [2.24, 2.45) is 0 Å². The fourth-order valence-corrected chi connectivity index (χ4v) is 1.31. The minimum absolute atomic E-state index is 0.0159. The second-order valence-corrected chi connectivity index (χ2v) is 3.67. The van der Waals surface area contributed by atoms with Crippen LogP contribution in [0.4, 0.5) is 11.5 Å². The largest absolute Gasteiger partial charge is 0.396 e. The highest BCUT2D eigenvalue weighted by molar-refractivity contribution is 5.48. The molecule has 1 aromatic rings. The summed E-state index contributed by atoms with van der Waals surface area (Å²) in [6.07, 6.45) is 1.83. The topological polar surface area (TPSA) is 88.3 Å². The van der Waals surface area contributed by atoms with E-state index < -0.39 is 4.92 Å². The van der Waals surface area contributed by atoms with E-state index in [2.05, 4.69) is 10.3 Å². The van der Waals surface area contributed by atoms with E-state index in [-0.39, 0.29) is 18.3 Å². The summed E-state index contributed by atoms with van der Waals surface area (Å²) in [5, 5.41) is 22.3. The van der Waals surface area contributed by atoms with Gasteiger partial charge in [0.05, 0.1) is 4.92 Å². The Labute approximate surface area is 93.5 Å². The zero-order valence-electron chi connectivity index (χ0n) is 9.30. The first-order chi connectivity index (χ1) is 7.54. The number of aliphatic hydroxyl groups is 1. The van der Waals surface area contributed by atoms with Crippen LogP contribution in [0.15, 0.2) is 12.3 Å². The van der Waals surface area contributed by atoms with E-state index in [4.69, 9.17) is 5.11 Å². The number of aliphatic hydroxyl groups excluding tert-OH is 1. The second kappa shape index (κ2) is 5.41. The van der Waals surface area contributed by atoms with Crippen LogP contribution in [0, 0.1) is 17.0 Å². The standard InChI is InChI=1S/C10H15N3O3/c1-7-5-9(13(15)16)6-11-10(7)12-8(2)3-4-14/h5-6,8,14H,3-4H2,1-2H3,(H,11,12)/t8-/m1/s1. The molecule has 0 aromatic carbocycles. The smallest absolute Gasteiger partial charge is 0.287 e. The number of hydrogen-bond donors (Lipinski definition) is 2. The molecule has 0 radical (unpaired) electrons. The number of nitro groups is 1. The van der Waals surface area contributed by atoms with E-state index in [0.29, 0.717) is 12.2 Å². The second-order valence-electron chi connectivity index (χ2n) is 3.67. The molecule has 88 valence electrons. The van der Waals surface area contributed by atoms with Crippen molar-refractivity contribution in [3.8, 4) is 0 Å². The molecular weight excluding hydrogens is 210 g/mol. The molecule has 0 amide bonds. The SMILES string of the molecule is Cc1cc([N+](=O)[O-])cnc1N[C@H](C)CCO. The van der Waals surface area contributed by atoms with Crippen LogP contribution in [0.3, 0.4) is 0 Å². The van der Waals surface area contributed by atoms with E-state index in [0.717, 1.165) is 5.56 Å². The minimum Gasteiger partial charge on any atom is -0.396 e. The fourth-order valence-electron chi connectivity index (χ4n) is 1.31. The minimum atomic E-state index is -0.471. The number of aryl methyl sites for hydroxylation is 1. The predicted octanol–water partition coefficient (Wildman–Crippen LogP) is 1.48. The van der Waals surface area contributed by atoms with Crippen molar-refractivity contribution >= 4 is 11.5 Å². The highest BCUT2D eigenvalue weighted by atomic mass is 16.6. The maximum Gasteiger partial charge on any atom is 0.287 e. The van der Waals surface area contributed by atoms with Gasteiger partial charge in [-0.2, -0.15) is 0 Å². The van der Waals surface area contributed by atoms with E-state index in [1.807, 2.05) is 6.92 Å². The zero-order valence-corrected chi connectivity index (χ0v) is 9.30. The van der Waals surface area contributed by atoms with Crippen LogP contribution < -0.4 is 5.32 Å². The molecule has 6 heteroatoms.